The summed E-state index contributed by atoms with van der Waals surface area (Å²) in [5.74, 6) is 1.16. The average Bonchev–Trinajstić information content (AvgIpc) is 3.20. The van der Waals surface area contributed by atoms with Crippen molar-refractivity contribution in [3.63, 3.8) is 0 Å². The molecule has 3 aromatic rings. The van der Waals surface area contributed by atoms with Crippen molar-refractivity contribution in [1.82, 2.24) is 5.43 Å². The summed E-state index contributed by atoms with van der Waals surface area (Å²) in [7, 11) is 0. The van der Waals surface area contributed by atoms with Crippen LogP contribution in [0.1, 0.15) is 21.7 Å². The molecule has 4 rings (SSSR count). The number of carbonyl (C=O) groups excluding carboxylic acids is 1. The molecule has 1 amide bonds. The molecule has 0 unspecified atom stereocenters. The zero-order valence-electron chi connectivity index (χ0n) is 13.2. The van der Waals surface area contributed by atoms with Crippen LogP contribution in [-0.2, 0) is 0 Å². The molecule has 6 nitrogen and oxygen atoms in total. The zero-order valence-corrected chi connectivity index (χ0v) is 14.8. The van der Waals surface area contributed by atoms with Gasteiger partial charge in [0.15, 0.2) is 17.3 Å². The first-order valence-corrected chi connectivity index (χ1v) is 8.33. The average molecular weight is 401 g/mol. The number of hydrogen-bond acceptors (Lipinski definition) is 5. The number of carbonyl (C=O) groups is 1. The molecule has 1 aromatic heterocycles. The summed E-state index contributed by atoms with van der Waals surface area (Å²) < 4.78 is 17.1. The predicted molar refractivity (Wildman–Crippen MR) is 96.3 cm³/mol. The van der Waals surface area contributed by atoms with Gasteiger partial charge in [0.2, 0.25) is 6.79 Å². The van der Waals surface area contributed by atoms with Crippen molar-refractivity contribution in [2.75, 3.05) is 6.79 Å². The Kier molecular flexibility index (Phi) is 3.93. The summed E-state index contributed by atoms with van der Waals surface area (Å²) in [6.45, 7) is 2.04. The summed E-state index contributed by atoms with van der Waals surface area (Å²) in [6.07, 6.45) is 1.53. The maximum absolute atomic E-state index is 12.3. The topological polar surface area (TPSA) is 73.1 Å². The van der Waals surface area contributed by atoms with Gasteiger partial charge < -0.3 is 13.9 Å². The third-order valence-corrected chi connectivity index (χ3v) is 4.47. The van der Waals surface area contributed by atoms with Gasteiger partial charge in [0.05, 0.1) is 10.7 Å². The Balaban J connectivity index is 1.52. The molecule has 25 heavy (non-hydrogen) atoms. The number of amides is 1. The van der Waals surface area contributed by atoms with Crippen molar-refractivity contribution >= 4 is 39.0 Å². The van der Waals surface area contributed by atoms with Gasteiger partial charge in [-0.15, -0.1) is 0 Å². The Morgan fingerprint density at radius 3 is 2.96 bits per heavy atom. The van der Waals surface area contributed by atoms with Crippen LogP contribution >= 0.6 is 15.9 Å². The van der Waals surface area contributed by atoms with Crippen LogP contribution in [0.3, 0.4) is 0 Å². The molecule has 7 heteroatoms. The van der Waals surface area contributed by atoms with Crippen LogP contribution in [-0.4, -0.2) is 18.9 Å². The highest BCUT2D eigenvalue weighted by Gasteiger charge is 2.18. The largest absolute Gasteiger partial charge is 0.454 e. The van der Waals surface area contributed by atoms with Crippen molar-refractivity contribution in [1.29, 1.82) is 0 Å². The Hall–Kier alpha value is -2.80. The second-order valence-corrected chi connectivity index (χ2v) is 6.34. The first-order valence-electron chi connectivity index (χ1n) is 7.54. The van der Waals surface area contributed by atoms with Crippen LogP contribution in [0, 0.1) is 6.92 Å². The molecular weight excluding hydrogens is 388 g/mol. The van der Waals surface area contributed by atoms with E-state index in [2.05, 4.69) is 26.5 Å². The lowest BCUT2D eigenvalue weighted by Crippen LogP contribution is -2.17. The van der Waals surface area contributed by atoms with E-state index in [4.69, 9.17) is 13.9 Å². The minimum atomic E-state index is -0.398. The molecule has 0 atom stereocenters. The lowest BCUT2D eigenvalue weighted by molar-refractivity contribution is 0.0929. The standard InChI is InChI=1S/C18H13BrN2O4/c1-10-12-4-2-3-5-14(12)25-16(10)18(22)21-20-8-11-6-13(19)17-15(7-11)23-9-24-17/h2-8H,9H2,1H3,(H,21,22)/b20-8-. The molecule has 1 aliphatic rings. The Labute approximate surface area is 151 Å². The fourth-order valence-corrected chi connectivity index (χ4v) is 3.24. The number of nitrogens with one attached hydrogen (secondary N) is 1. The van der Waals surface area contributed by atoms with Gasteiger partial charge in [-0.3, -0.25) is 4.79 Å². The van der Waals surface area contributed by atoms with E-state index < -0.39 is 5.91 Å². The van der Waals surface area contributed by atoms with Gasteiger partial charge in [0, 0.05) is 10.9 Å². The van der Waals surface area contributed by atoms with Crippen LogP contribution < -0.4 is 14.9 Å². The first kappa shape index (κ1) is 15.7. The Morgan fingerprint density at radius 1 is 1.28 bits per heavy atom. The van der Waals surface area contributed by atoms with Crippen molar-refractivity contribution in [3.8, 4) is 11.5 Å². The van der Waals surface area contributed by atoms with E-state index in [0.29, 0.717) is 17.1 Å². The second-order valence-electron chi connectivity index (χ2n) is 5.49. The molecule has 0 fully saturated rings. The number of benzene rings is 2. The molecule has 0 saturated carbocycles. The van der Waals surface area contributed by atoms with Crippen molar-refractivity contribution in [3.05, 3.63) is 57.8 Å². The maximum Gasteiger partial charge on any atom is 0.307 e. The number of rotatable bonds is 3. The van der Waals surface area contributed by atoms with E-state index in [1.807, 2.05) is 37.3 Å². The number of fused-ring (bicyclic) bond motifs is 2. The molecule has 1 N–H and O–H groups in total. The summed E-state index contributed by atoms with van der Waals surface area (Å²) in [6, 6.07) is 11.1. The molecule has 0 radical (unpaired) electrons. The number of aryl methyl sites for hydroxylation is 1. The number of hydrogen-bond donors (Lipinski definition) is 1. The molecule has 0 bridgehead atoms. The number of hydrazone groups is 1. The molecule has 0 saturated heterocycles. The lowest BCUT2D eigenvalue weighted by Gasteiger charge is -2.01. The van der Waals surface area contributed by atoms with Gasteiger partial charge in [0.1, 0.15) is 5.58 Å². The van der Waals surface area contributed by atoms with Crippen LogP contribution in [0.15, 0.2) is 50.4 Å². The lowest BCUT2D eigenvalue weighted by atomic mass is 10.1. The predicted octanol–water partition coefficient (Wildman–Crippen LogP) is 4.00. The zero-order chi connectivity index (χ0) is 17.4. The maximum atomic E-state index is 12.3. The smallest absolute Gasteiger partial charge is 0.307 e. The summed E-state index contributed by atoms with van der Waals surface area (Å²) >= 11 is 3.42. The third kappa shape index (κ3) is 2.87. The van der Waals surface area contributed by atoms with Crippen LogP contribution in [0.5, 0.6) is 11.5 Å². The summed E-state index contributed by atoms with van der Waals surface area (Å²) in [5.41, 5.74) is 4.71. The highest BCUT2D eigenvalue weighted by Crippen LogP contribution is 2.39. The molecule has 126 valence electrons. The SMILES string of the molecule is Cc1c(C(=O)N/N=C\c2cc(Br)c3c(c2)OCO3)oc2ccccc12. The Bertz CT molecular complexity index is 1010. The van der Waals surface area contributed by atoms with Crippen molar-refractivity contribution < 1.29 is 18.7 Å². The molecule has 1 aliphatic heterocycles. The van der Waals surface area contributed by atoms with Crippen molar-refractivity contribution in [2.45, 2.75) is 6.92 Å². The van der Waals surface area contributed by atoms with E-state index in [-0.39, 0.29) is 12.6 Å². The van der Waals surface area contributed by atoms with Gasteiger partial charge in [0.25, 0.3) is 0 Å². The van der Waals surface area contributed by atoms with E-state index in [9.17, 15) is 4.79 Å². The third-order valence-electron chi connectivity index (χ3n) is 3.88. The monoisotopic (exact) mass is 400 g/mol. The molecule has 2 aromatic carbocycles. The molecule has 0 aliphatic carbocycles. The summed E-state index contributed by atoms with van der Waals surface area (Å²) in [4.78, 5) is 12.3. The van der Waals surface area contributed by atoms with Crippen LogP contribution in [0.25, 0.3) is 11.0 Å². The Morgan fingerprint density at radius 2 is 2.12 bits per heavy atom. The second kappa shape index (κ2) is 6.25. The number of nitrogens with zero attached hydrogens (tertiary/aromatic N) is 1. The van der Waals surface area contributed by atoms with Gasteiger partial charge >= 0.3 is 5.91 Å². The van der Waals surface area contributed by atoms with Gasteiger partial charge in [-0.1, -0.05) is 18.2 Å². The quantitative estimate of drug-likeness (QED) is 0.532. The normalized spacial score (nSPS) is 12.9. The molecule has 0 spiro atoms. The molecule has 2 heterocycles. The highest BCUT2D eigenvalue weighted by atomic mass is 79.9. The van der Waals surface area contributed by atoms with Crippen LogP contribution in [0.2, 0.25) is 0 Å². The minimum Gasteiger partial charge on any atom is -0.454 e. The number of ether oxygens (including phenoxy) is 2. The van der Waals surface area contributed by atoms with Gasteiger partial charge in [-0.25, -0.2) is 5.43 Å². The fourth-order valence-electron chi connectivity index (χ4n) is 2.67. The number of halogens is 1. The van der Waals surface area contributed by atoms with Crippen molar-refractivity contribution in [2.24, 2.45) is 5.10 Å². The van der Waals surface area contributed by atoms with E-state index in [1.54, 1.807) is 6.07 Å². The fraction of sp³-hybridized carbons (Fsp3) is 0.111. The number of furan rings is 1. The first-order chi connectivity index (χ1) is 12.1. The number of para-hydroxylation sites is 1. The highest BCUT2D eigenvalue weighted by molar-refractivity contribution is 9.10. The minimum absolute atomic E-state index is 0.191. The molecular formula is C18H13BrN2O4. The van der Waals surface area contributed by atoms with E-state index in [0.717, 1.165) is 21.0 Å². The van der Waals surface area contributed by atoms with Gasteiger partial charge in [-0.2, -0.15) is 5.10 Å². The van der Waals surface area contributed by atoms with Gasteiger partial charge in [-0.05, 0) is 46.6 Å². The van der Waals surface area contributed by atoms with Crippen LogP contribution in [0.4, 0.5) is 0 Å². The van der Waals surface area contributed by atoms with E-state index in [1.165, 1.54) is 6.21 Å². The summed E-state index contributed by atoms with van der Waals surface area (Å²) in [5, 5.41) is 4.91. The van der Waals surface area contributed by atoms with E-state index >= 15 is 0 Å².